The number of nitrogens with zero attached hydrogens (tertiary/aromatic N) is 2. The number of aryl methyl sites for hydroxylation is 1. The maximum atomic E-state index is 5.71. The van der Waals surface area contributed by atoms with Crippen LogP contribution in [0.3, 0.4) is 0 Å². The van der Waals surface area contributed by atoms with E-state index in [2.05, 4.69) is 35.5 Å². The Hall–Kier alpha value is -1.77. The van der Waals surface area contributed by atoms with Gasteiger partial charge in [0.25, 0.3) is 0 Å². The molecule has 0 saturated carbocycles. The second kappa shape index (κ2) is 6.24. The summed E-state index contributed by atoms with van der Waals surface area (Å²) >= 11 is 0. The summed E-state index contributed by atoms with van der Waals surface area (Å²) < 4.78 is 7.77. The van der Waals surface area contributed by atoms with Crippen molar-refractivity contribution in [3.8, 4) is 5.75 Å². The molecule has 0 saturated heterocycles. The average Bonchev–Trinajstić information content (AvgIpc) is 2.88. The summed E-state index contributed by atoms with van der Waals surface area (Å²) in [7, 11) is 0. The average molecular weight is 244 g/mol. The standard InChI is InChI=1S/C15H20N2O/c1-13(2)14-4-6-15(7-5-14)18-11-3-9-17-10-8-16-12-17/h4-8,10,12-13H,3,9,11H2,1-2H3. The highest BCUT2D eigenvalue weighted by atomic mass is 16.5. The minimum atomic E-state index is 0.570. The second-order valence-electron chi connectivity index (χ2n) is 4.73. The lowest BCUT2D eigenvalue weighted by Crippen LogP contribution is -2.03. The number of rotatable bonds is 6. The molecule has 2 rings (SSSR count). The van der Waals surface area contributed by atoms with Crippen molar-refractivity contribution >= 4 is 0 Å². The fraction of sp³-hybridized carbons (Fsp3) is 0.400. The lowest BCUT2D eigenvalue weighted by molar-refractivity contribution is 0.301. The highest BCUT2D eigenvalue weighted by molar-refractivity contribution is 5.28. The Morgan fingerprint density at radius 1 is 1.22 bits per heavy atom. The van der Waals surface area contributed by atoms with Crippen molar-refractivity contribution in [2.75, 3.05) is 6.61 Å². The fourth-order valence-corrected chi connectivity index (χ4v) is 1.81. The molecule has 1 aromatic carbocycles. The van der Waals surface area contributed by atoms with Crippen molar-refractivity contribution in [3.05, 3.63) is 48.5 Å². The molecule has 0 aliphatic heterocycles. The molecular formula is C15H20N2O. The first-order chi connectivity index (χ1) is 8.75. The Bertz CT molecular complexity index is 446. The van der Waals surface area contributed by atoms with Crippen LogP contribution in [-0.2, 0) is 6.54 Å². The van der Waals surface area contributed by atoms with Gasteiger partial charge in [-0.2, -0.15) is 0 Å². The molecule has 3 nitrogen and oxygen atoms in total. The predicted octanol–water partition coefficient (Wildman–Crippen LogP) is 3.48. The van der Waals surface area contributed by atoms with Crippen molar-refractivity contribution in [1.82, 2.24) is 9.55 Å². The van der Waals surface area contributed by atoms with Crippen molar-refractivity contribution in [2.24, 2.45) is 0 Å². The minimum Gasteiger partial charge on any atom is -0.494 e. The van der Waals surface area contributed by atoms with Crippen LogP contribution >= 0.6 is 0 Å². The highest BCUT2D eigenvalue weighted by Gasteiger charge is 1.99. The lowest BCUT2D eigenvalue weighted by atomic mass is 10.0. The van der Waals surface area contributed by atoms with Gasteiger partial charge in [-0.1, -0.05) is 26.0 Å². The van der Waals surface area contributed by atoms with Crippen LogP contribution in [0, 0.1) is 0 Å². The number of imidazole rings is 1. The van der Waals surface area contributed by atoms with Crippen LogP contribution in [0.5, 0.6) is 5.75 Å². The molecular weight excluding hydrogens is 224 g/mol. The Morgan fingerprint density at radius 3 is 2.61 bits per heavy atom. The van der Waals surface area contributed by atoms with Crippen LogP contribution in [0.25, 0.3) is 0 Å². The molecule has 2 aromatic rings. The van der Waals surface area contributed by atoms with E-state index in [1.165, 1.54) is 5.56 Å². The van der Waals surface area contributed by atoms with Gasteiger partial charge in [0.15, 0.2) is 0 Å². The topological polar surface area (TPSA) is 27.1 Å². The van der Waals surface area contributed by atoms with Crippen molar-refractivity contribution in [2.45, 2.75) is 32.7 Å². The van der Waals surface area contributed by atoms with Crippen molar-refractivity contribution in [1.29, 1.82) is 0 Å². The molecule has 1 aromatic heterocycles. The van der Waals surface area contributed by atoms with Crippen LogP contribution < -0.4 is 4.74 Å². The first-order valence-electron chi connectivity index (χ1n) is 6.44. The summed E-state index contributed by atoms with van der Waals surface area (Å²) in [5, 5.41) is 0. The Kier molecular flexibility index (Phi) is 4.40. The summed E-state index contributed by atoms with van der Waals surface area (Å²) in [5.74, 6) is 1.52. The molecule has 0 unspecified atom stereocenters. The van der Waals surface area contributed by atoms with Gasteiger partial charge in [0.2, 0.25) is 0 Å². The van der Waals surface area contributed by atoms with Crippen LogP contribution in [0.1, 0.15) is 31.7 Å². The zero-order chi connectivity index (χ0) is 12.8. The maximum absolute atomic E-state index is 5.71. The molecule has 0 aliphatic carbocycles. The van der Waals surface area contributed by atoms with E-state index in [1.807, 2.05) is 24.7 Å². The van der Waals surface area contributed by atoms with Gasteiger partial charge < -0.3 is 9.30 Å². The Balaban J connectivity index is 1.73. The van der Waals surface area contributed by atoms with Gasteiger partial charge in [-0.15, -0.1) is 0 Å². The van der Waals surface area contributed by atoms with Gasteiger partial charge in [-0.05, 0) is 30.0 Å². The van der Waals surface area contributed by atoms with E-state index in [9.17, 15) is 0 Å². The number of benzene rings is 1. The van der Waals surface area contributed by atoms with Gasteiger partial charge >= 0.3 is 0 Å². The molecule has 0 radical (unpaired) electrons. The van der Waals surface area contributed by atoms with E-state index in [-0.39, 0.29) is 0 Å². The molecule has 0 spiro atoms. The third-order valence-corrected chi connectivity index (χ3v) is 2.94. The number of aromatic nitrogens is 2. The normalized spacial score (nSPS) is 10.8. The van der Waals surface area contributed by atoms with E-state index < -0.39 is 0 Å². The van der Waals surface area contributed by atoms with E-state index in [1.54, 1.807) is 6.20 Å². The first-order valence-corrected chi connectivity index (χ1v) is 6.44. The van der Waals surface area contributed by atoms with E-state index >= 15 is 0 Å². The van der Waals surface area contributed by atoms with Crippen LogP contribution in [0.2, 0.25) is 0 Å². The van der Waals surface area contributed by atoms with Gasteiger partial charge in [-0.25, -0.2) is 4.98 Å². The van der Waals surface area contributed by atoms with Gasteiger partial charge in [0.05, 0.1) is 12.9 Å². The number of hydrogen-bond acceptors (Lipinski definition) is 2. The van der Waals surface area contributed by atoms with Gasteiger partial charge in [-0.3, -0.25) is 0 Å². The smallest absolute Gasteiger partial charge is 0.119 e. The van der Waals surface area contributed by atoms with Gasteiger partial charge in [0.1, 0.15) is 5.75 Å². The van der Waals surface area contributed by atoms with Crippen LogP contribution in [0.15, 0.2) is 43.0 Å². The molecule has 1 heterocycles. The molecule has 18 heavy (non-hydrogen) atoms. The van der Waals surface area contributed by atoms with Crippen molar-refractivity contribution < 1.29 is 4.74 Å². The molecule has 3 heteroatoms. The summed E-state index contributed by atoms with van der Waals surface area (Å²) in [6.07, 6.45) is 6.59. The predicted molar refractivity (Wildman–Crippen MR) is 72.9 cm³/mol. The molecule has 96 valence electrons. The quantitative estimate of drug-likeness (QED) is 0.727. The Labute approximate surface area is 108 Å². The first kappa shape index (κ1) is 12.7. The maximum Gasteiger partial charge on any atom is 0.119 e. The fourth-order valence-electron chi connectivity index (χ4n) is 1.81. The summed E-state index contributed by atoms with van der Waals surface area (Å²) in [5.41, 5.74) is 1.35. The second-order valence-corrected chi connectivity index (χ2v) is 4.73. The van der Waals surface area contributed by atoms with Crippen LogP contribution in [-0.4, -0.2) is 16.2 Å². The van der Waals surface area contributed by atoms with Gasteiger partial charge in [0, 0.05) is 18.9 Å². The van der Waals surface area contributed by atoms with Crippen molar-refractivity contribution in [3.63, 3.8) is 0 Å². The number of hydrogen-bond donors (Lipinski definition) is 0. The molecule has 0 amide bonds. The zero-order valence-electron chi connectivity index (χ0n) is 11.0. The third kappa shape index (κ3) is 3.62. The van der Waals surface area contributed by atoms with Crippen LogP contribution in [0.4, 0.5) is 0 Å². The number of ether oxygens (including phenoxy) is 1. The monoisotopic (exact) mass is 244 g/mol. The lowest BCUT2D eigenvalue weighted by Gasteiger charge is -2.09. The zero-order valence-corrected chi connectivity index (χ0v) is 11.0. The van der Waals surface area contributed by atoms with E-state index in [0.717, 1.165) is 25.3 Å². The molecule has 0 aliphatic rings. The highest BCUT2D eigenvalue weighted by Crippen LogP contribution is 2.18. The minimum absolute atomic E-state index is 0.570. The molecule has 0 bridgehead atoms. The summed E-state index contributed by atoms with van der Waals surface area (Å²) in [6.45, 7) is 6.07. The SMILES string of the molecule is CC(C)c1ccc(OCCCn2ccnc2)cc1. The molecule has 0 N–H and O–H groups in total. The third-order valence-electron chi connectivity index (χ3n) is 2.94. The van der Waals surface area contributed by atoms with E-state index in [4.69, 9.17) is 4.74 Å². The molecule has 0 atom stereocenters. The summed E-state index contributed by atoms with van der Waals surface area (Å²) in [6, 6.07) is 8.37. The molecule has 0 fully saturated rings. The Morgan fingerprint density at radius 2 is 2.00 bits per heavy atom. The van der Waals surface area contributed by atoms with E-state index in [0.29, 0.717) is 5.92 Å². The largest absolute Gasteiger partial charge is 0.494 e. The summed E-state index contributed by atoms with van der Waals surface area (Å²) in [4.78, 5) is 4.01.